The van der Waals surface area contributed by atoms with Crippen LogP contribution in [0.4, 0.5) is 11.4 Å². The molecule has 0 unspecified atom stereocenters. The van der Waals surface area contributed by atoms with Crippen molar-refractivity contribution in [1.29, 1.82) is 5.26 Å². The van der Waals surface area contributed by atoms with E-state index in [9.17, 15) is 9.90 Å². The molecular formula is C25H22N2O5. The number of nitrogens with zero attached hydrogens (tertiary/aromatic N) is 1. The average Bonchev–Trinajstić information content (AvgIpc) is 3.27. The molecule has 0 bridgehead atoms. The van der Waals surface area contributed by atoms with Crippen LogP contribution < -0.4 is 14.8 Å². The summed E-state index contributed by atoms with van der Waals surface area (Å²) in [6.45, 7) is 0.494. The number of carboxylic acids is 1. The first-order valence-electron chi connectivity index (χ1n) is 10.1. The highest BCUT2D eigenvalue weighted by atomic mass is 16.7. The van der Waals surface area contributed by atoms with Crippen LogP contribution in [0, 0.1) is 11.3 Å². The zero-order valence-electron chi connectivity index (χ0n) is 17.5. The third-order valence-corrected chi connectivity index (χ3v) is 5.28. The highest BCUT2D eigenvalue weighted by molar-refractivity contribution is 5.83. The van der Waals surface area contributed by atoms with Gasteiger partial charge < -0.3 is 24.6 Å². The van der Waals surface area contributed by atoms with Gasteiger partial charge in [0.05, 0.1) is 24.7 Å². The largest absolute Gasteiger partial charge is 0.481 e. The molecule has 1 aliphatic rings. The quantitative estimate of drug-likeness (QED) is 0.524. The van der Waals surface area contributed by atoms with Crippen LogP contribution in [-0.2, 0) is 9.53 Å². The number of nitriles is 1. The normalized spacial score (nSPS) is 12.8. The molecule has 0 aliphatic carbocycles. The summed E-state index contributed by atoms with van der Waals surface area (Å²) in [5, 5.41) is 21.8. The molecule has 1 aliphatic heterocycles. The Morgan fingerprint density at radius 2 is 1.91 bits per heavy atom. The van der Waals surface area contributed by atoms with E-state index in [1.54, 1.807) is 19.2 Å². The van der Waals surface area contributed by atoms with E-state index in [0.717, 1.165) is 28.1 Å². The van der Waals surface area contributed by atoms with Crippen LogP contribution in [0.1, 0.15) is 23.5 Å². The second kappa shape index (κ2) is 9.41. The van der Waals surface area contributed by atoms with Crippen molar-refractivity contribution in [2.75, 3.05) is 25.8 Å². The first-order valence-corrected chi connectivity index (χ1v) is 10.1. The van der Waals surface area contributed by atoms with Crippen molar-refractivity contribution in [2.45, 2.75) is 12.3 Å². The SMILES string of the molecule is COC[C@H](CC(=O)O)c1ccc(-c2ccc3c(c2)OCO3)c(Nc2ccc(C#N)cc2)c1. The van der Waals surface area contributed by atoms with Crippen molar-refractivity contribution >= 4 is 17.3 Å². The lowest BCUT2D eigenvalue weighted by Crippen LogP contribution is -2.12. The Morgan fingerprint density at radius 1 is 1.12 bits per heavy atom. The zero-order chi connectivity index (χ0) is 22.5. The molecule has 1 heterocycles. The summed E-state index contributed by atoms with van der Waals surface area (Å²) in [6.07, 6.45) is -0.0342. The Hall–Kier alpha value is -4.02. The van der Waals surface area contributed by atoms with Crippen molar-refractivity contribution in [2.24, 2.45) is 0 Å². The molecule has 0 fully saturated rings. The van der Waals surface area contributed by atoms with Crippen LogP contribution in [0.2, 0.25) is 0 Å². The van der Waals surface area contributed by atoms with Gasteiger partial charge in [-0.15, -0.1) is 0 Å². The standard InChI is InChI=1S/C25H22N2O5/c1-30-14-19(12-25(28)29)17-4-8-21(18-5-9-23-24(11-18)32-15-31-23)22(10-17)27-20-6-2-16(13-26)3-7-20/h2-11,19,27H,12,14-15H2,1H3,(H,28,29)/t19-/m0/s1. The molecule has 162 valence electrons. The maximum absolute atomic E-state index is 11.4. The smallest absolute Gasteiger partial charge is 0.304 e. The number of nitrogens with one attached hydrogen (secondary N) is 1. The molecule has 32 heavy (non-hydrogen) atoms. The van der Waals surface area contributed by atoms with Crippen molar-refractivity contribution in [3.05, 3.63) is 71.8 Å². The summed E-state index contributed by atoms with van der Waals surface area (Å²) >= 11 is 0. The van der Waals surface area contributed by atoms with E-state index >= 15 is 0 Å². The summed E-state index contributed by atoms with van der Waals surface area (Å²) < 4.78 is 16.2. The second-order valence-electron chi connectivity index (χ2n) is 7.44. The molecule has 3 aromatic rings. The molecule has 0 saturated carbocycles. The molecule has 0 radical (unpaired) electrons. The van der Waals surface area contributed by atoms with E-state index in [-0.39, 0.29) is 19.1 Å². The van der Waals surface area contributed by atoms with E-state index in [2.05, 4.69) is 11.4 Å². The summed E-state index contributed by atoms with van der Waals surface area (Å²) in [5.74, 6) is 0.214. The van der Waals surface area contributed by atoms with Gasteiger partial charge in [-0.3, -0.25) is 4.79 Å². The van der Waals surface area contributed by atoms with Gasteiger partial charge in [0.2, 0.25) is 6.79 Å². The first kappa shape index (κ1) is 21.2. The Bertz CT molecular complexity index is 1170. The molecule has 0 saturated heterocycles. The van der Waals surface area contributed by atoms with Crippen molar-refractivity contribution < 1.29 is 24.1 Å². The lowest BCUT2D eigenvalue weighted by atomic mass is 9.92. The van der Waals surface area contributed by atoms with Gasteiger partial charge in [0, 0.05) is 30.0 Å². The number of ether oxygens (including phenoxy) is 3. The van der Waals surface area contributed by atoms with Crippen LogP contribution in [0.15, 0.2) is 60.7 Å². The number of anilines is 2. The third kappa shape index (κ3) is 4.66. The topological polar surface area (TPSA) is 101 Å². The van der Waals surface area contributed by atoms with Gasteiger partial charge in [0.15, 0.2) is 11.5 Å². The maximum Gasteiger partial charge on any atom is 0.304 e. The molecule has 1 atom stereocenters. The molecule has 7 heteroatoms. The lowest BCUT2D eigenvalue weighted by Gasteiger charge is -2.19. The van der Waals surface area contributed by atoms with E-state index in [4.69, 9.17) is 19.5 Å². The number of carbonyl (C=O) groups is 1. The molecular weight excluding hydrogens is 408 g/mol. The third-order valence-electron chi connectivity index (χ3n) is 5.28. The van der Waals surface area contributed by atoms with Crippen molar-refractivity contribution in [3.8, 4) is 28.7 Å². The lowest BCUT2D eigenvalue weighted by molar-refractivity contribution is -0.137. The number of carboxylic acid groups (broad SMARTS) is 1. The fourth-order valence-electron chi connectivity index (χ4n) is 3.70. The summed E-state index contributed by atoms with van der Waals surface area (Å²) in [7, 11) is 1.56. The van der Waals surface area contributed by atoms with Gasteiger partial charge >= 0.3 is 5.97 Å². The van der Waals surface area contributed by atoms with Crippen molar-refractivity contribution in [1.82, 2.24) is 0 Å². The van der Waals surface area contributed by atoms with E-state index in [1.165, 1.54) is 0 Å². The number of benzene rings is 3. The second-order valence-corrected chi connectivity index (χ2v) is 7.44. The Labute approximate surface area is 185 Å². The van der Waals surface area contributed by atoms with Crippen LogP contribution >= 0.6 is 0 Å². The molecule has 0 spiro atoms. The predicted octanol–water partition coefficient (Wildman–Crippen LogP) is 4.90. The minimum Gasteiger partial charge on any atom is -0.481 e. The number of hydrogen-bond acceptors (Lipinski definition) is 6. The average molecular weight is 430 g/mol. The molecule has 2 N–H and O–H groups in total. The van der Waals surface area contributed by atoms with Gasteiger partial charge in [-0.05, 0) is 53.6 Å². The highest BCUT2D eigenvalue weighted by Gasteiger charge is 2.19. The molecule has 4 rings (SSSR count). The van der Waals surface area contributed by atoms with Crippen LogP contribution in [0.25, 0.3) is 11.1 Å². The fraction of sp³-hybridized carbons (Fsp3) is 0.200. The maximum atomic E-state index is 11.4. The summed E-state index contributed by atoms with van der Waals surface area (Å²) in [6, 6.07) is 20.8. The Kier molecular flexibility index (Phi) is 6.24. The van der Waals surface area contributed by atoms with Crippen LogP contribution in [-0.4, -0.2) is 31.6 Å². The first-order chi connectivity index (χ1) is 15.6. The van der Waals surface area contributed by atoms with Gasteiger partial charge in [-0.25, -0.2) is 0 Å². The minimum atomic E-state index is -0.881. The van der Waals surface area contributed by atoms with Crippen LogP contribution in [0.3, 0.4) is 0 Å². The number of hydrogen-bond donors (Lipinski definition) is 2. The van der Waals surface area contributed by atoms with E-state index in [0.29, 0.717) is 23.7 Å². The minimum absolute atomic E-state index is 0.0342. The van der Waals surface area contributed by atoms with Crippen molar-refractivity contribution in [3.63, 3.8) is 0 Å². The number of aliphatic carboxylic acids is 1. The van der Waals surface area contributed by atoms with Gasteiger partial charge in [0.1, 0.15) is 0 Å². The highest BCUT2D eigenvalue weighted by Crippen LogP contribution is 2.40. The van der Waals surface area contributed by atoms with E-state index < -0.39 is 5.97 Å². The molecule has 0 aromatic heterocycles. The number of fused-ring (bicyclic) bond motifs is 1. The fourth-order valence-corrected chi connectivity index (χ4v) is 3.70. The monoisotopic (exact) mass is 430 g/mol. The number of methoxy groups -OCH3 is 1. The Balaban J connectivity index is 1.75. The van der Waals surface area contributed by atoms with Gasteiger partial charge in [-0.2, -0.15) is 5.26 Å². The zero-order valence-corrected chi connectivity index (χ0v) is 17.5. The van der Waals surface area contributed by atoms with Gasteiger partial charge in [-0.1, -0.05) is 18.2 Å². The summed E-state index contributed by atoms with van der Waals surface area (Å²) in [4.78, 5) is 11.4. The molecule has 0 amide bonds. The number of rotatable bonds is 8. The van der Waals surface area contributed by atoms with Gasteiger partial charge in [0.25, 0.3) is 0 Å². The van der Waals surface area contributed by atoms with E-state index in [1.807, 2.05) is 48.5 Å². The molecule has 3 aromatic carbocycles. The molecule has 7 nitrogen and oxygen atoms in total. The summed E-state index contributed by atoms with van der Waals surface area (Å²) in [5.41, 5.74) is 4.89. The van der Waals surface area contributed by atoms with Crippen LogP contribution in [0.5, 0.6) is 11.5 Å². The predicted molar refractivity (Wildman–Crippen MR) is 119 cm³/mol. The Morgan fingerprint density at radius 3 is 2.62 bits per heavy atom.